The molecule has 46 heavy (non-hydrogen) atoms. The van der Waals surface area contributed by atoms with Gasteiger partial charge in [0, 0.05) is 40.9 Å². The number of hydrogen-bond acceptors (Lipinski definition) is 3. The topological polar surface area (TPSA) is 44.9 Å². The van der Waals surface area contributed by atoms with Gasteiger partial charge in [0.15, 0.2) is 0 Å². The van der Waals surface area contributed by atoms with Crippen molar-refractivity contribution in [2.75, 3.05) is 0 Å². The Morgan fingerprint density at radius 2 is 1.43 bits per heavy atom. The molecule has 0 amide bonds. The molecule has 0 aliphatic carbocycles. The zero-order chi connectivity index (χ0) is 31.8. The van der Waals surface area contributed by atoms with Crippen LogP contribution in [0.5, 0.6) is 11.5 Å². The number of aromatic nitrogens is 4. The molecular formula is C41H40N4O. The first-order valence-corrected chi connectivity index (χ1v) is 16.4. The molecule has 0 aliphatic heterocycles. The average molecular weight is 605 g/mol. The highest BCUT2D eigenvalue weighted by Crippen LogP contribution is 2.37. The van der Waals surface area contributed by atoms with Crippen LogP contribution in [-0.2, 0) is 12.8 Å². The highest BCUT2D eigenvalue weighted by molar-refractivity contribution is 6.09. The van der Waals surface area contributed by atoms with Crippen LogP contribution in [0.2, 0.25) is 0 Å². The number of pyridine rings is 1. The van der Waals surface area contributed by atoms with Gasteiger partial charge in [-0.05, 0) is 109 Å². The summed E-state index contributed by atoms with van der Waals surface area (Å²) in [6.07, 6.45) is 10.4. The third kappa shape index (κ3) is 5.36. The normalized spacial score (nSPS) is 11.5. The quantitative estimate of drug-likeness (QED) is 0.165. The predicted octanol–water partition coefficient (Wildman–Crippen LogP) is 10.7. The molecule has 230 valence electrons. The van der Waals surface area contributed by atoms with Gasteiger partial charge in [-0.25, -0.2) is 9.67 Å². The lowest BCUT2D eigenvalue weighted by Gasteiger charge is -2.19. The molecule has 0 unspecified atom stereocenters. The van der Waals surface area contributed by atoms with Gasteiger partial charge in [0.25, 0.3) is 0 Å². The second kappa shape index (κ2) is 12.3. The summed E-state index contributed by atoms with van der Waals surface area (Å²) in [5, 5.41) is 7.20. The fourth-order valence-corrected chi connectivity index (χ4v) is 6.89. The van der Waals surface area contributed by atoms with Gasteiger partial charge in [-0.2, -0.15) is 5.10 Å². The molecule has 0 N–H and O–H groups in total. The Bertz CT molecular complexity index is 2170. The van der Waals surface area contributed by atoms with E-state index in [4.69, 9.17) is 14.8 Å². The average Bonchev–Trinajstić information content (AvgIpc) is 3.67. The predicted molar refractivity (Wildman–Crippen MR) is 190 cm³/mol. The number of ether oxygens (including phenoxy) is 1. The maximum absolute atomic E-state index is 6.51. The summed E-state index contributed by atoms with van der Waals surface area (Å²) in [4.78, 5) is 4.72. The van der Waals surface area contributed by atoms with Crippen LogP contribution in [0.15, 0.2) is 104 Å². The molecule has 0 atom stereocenters. The van der Waals surface area contributed by atoms with E-state index in [1.165, 1.54) is 49.7 Å². The van der Waals surface area contributed by atoms with Crippen molar-refractivity contribution < 1.29 is 4.74 Å². The standard InChI is InChI=1S/C41H40N4O/c1-6-11-34-28(4)22-29(5)35(12-7-2)41(34)30-25-43-44(26-30)31-13-10-14-32(23-31)46-33-17-18-37-36-15-8-9-16-38(36)45(39(37)24-33)40-21-27(3)19-20-42-40/h8-10,13-26H,6-7,11-12H2,1-5H3. The lowest BCUT2D eigenvalue weighted by atomic mass is 9.86. The number of fused-ring (bicyclic) bond motifs is 3. The van der Waals surface area contributed by atoms with Gasteiger partial charge in [-0.1, -0.05) is 57.0 Å². The fourth-order valence-electron chi connectivity index (χ4n) is 6.89. The van der Waals surface area contributed by atoms with Crippen molar-refractivity contribution in [3.63, 3.8) is 0 Å². The van der Waals surface area contributed by atoms with Crippen LogP contribution in [0.4, 0.5) is 0 Å². The van der Waals surface area contributed by atoms with Crippen molar-refractivity contribution in [3.8, 4) is 34.1 Å². The minimum absolute atomic E-state index is 0.759. The number of rotatable bonds is 9. The molecule has 3 heterocycles. The first-order valence-electron chi connectivity index (χ1n) is 16.4. The van der Waals surface area contributed by atoms with Crippen LogP contribution in [-0.4, -0.2) is 19.3 Å². The molecule has 0 saturated carbocycles. The highest BCUT2D eigenvalue weighted by Gasteiger charge is 2.18. The minimum atomic E-state index is 0.759. The third-order valence-electron chi connectivity index (χ3n) is 8.95. The summed E-state index contributed by atoms with van der Waals surface area (Å²) in [6, 6.07) is 29.5. The largest absolute Gasteiger partial charge is 0.457 e. The van der Waals surface area contributed by atoms with Crippen molar-refractivity contribution in [2.45, 2.75) is 60.3 Å². The second-order valence-corrected chi connectivity index (χ2v) is 12.3. The fraction of sp³-hybridized carbons (Fsp3) is 0.220. The van der Waals surface area contributed by atoms with Crippen LogP contribution in [0.25, 0.3) is 44.4 Å². The first kappa shape index (κ1) is 29.5. The number of hydrogen-bond donors (Lipinski definition) is 0. The van der Waals surface area contributed by atoms with E-state index < -0.39 is 0 Å². The molecule has 0 spiro atoms. The Hall–Kier alpha value is -5.16. The van der Waals surface area contributed by atoms with Crippen molar-refractivity contribution in [1.29, 1.82) is 0 Å². The van der Waals surface area contributed by atoms with E-state index in [0.29, 0.717) is 0 Å². The van der Waals surface area contributed by atoms with Gasteiger partial charge in [0.1, 0.15) is 17.3 Å². The van der Waals surface area contributed by atoms with E-state index in [1.807, 2.05) is 41.3 Å². The van der Waals surface area contributed by atoms with Gasteiger partial charge in [-0.15, -0.1) is 0 Å². The molecule has 7 rings (SSSR count). The van der Waals surface area contributed by atoms with Gasteiger partial charge in [-0.3, -0.25) is 4.57 Å². The molecule has 5 nitrogen and oxygen atoms in total. The molecule has 0 radical (unpaired) electrons. The summed E-state index contributed by atoms with van der Waals surface area (Å²) >= 11 is 0. The molecule has 4 aromatic carbocycles. The van der Waals surface area contributed by atoms with E-state index in [9.17, 15) is 0 Å². The maximum Gasteiger partial charge on any atom is 0.137 e. The van der Waals surface area contributed by atoms with Crippen molar-refractivity contribution in [2.24, 2.45) is 0 Å². The Morgan fingerprint density at radius 1 is 0.696 bits per heavy atom. The smallest absolute Gasteiger partial charge is 0.137 e. The Kier molecular flexibility index (Phi) is 7.91. The Morgan fingerprint density at radius 3 is 2.20 bits per heavy atom. The lowest BCUT2D eigenvalue weighted by Crippen LogP contribution is -2.02. The van der Waals surface area contributed by atoms with Crippen LogP contribution in [0.3, 0.4) is 0 Å². The third-order valence-corrected chi connectivity index (χ3v) is 8.95. The molecule has 0 bridgehead atoms. The lowest BCUT2D eigenvalue weighted by molar-refractivity contribution is 0.483. The van der Waals surface area contributed by atoms with E-state index >= 15 is 0 Å². The van der Waals surface area contributed by atoms with Gasteiger partial charge >= 0.3 is 0 Å². The molecule has 0 fully saturated rings. The zero-order valence-corrected chi connectivity index (χ0v) is 27.3. The molecule has 3 aromatic heterocycles. The van der Waals surface area contributed by atoms with Gasteiger partial charge in [0.05, 0.1) is 22.9 Å². The minimum Gasteiger partial charge on any atom is -0.457 e. The first-order chi connectivity index (χ1) is 22.4. The van der Waals surface area contributed by atoms with E-state index in [2.05, 4.69) is 106 Å². The van der Waals surface area contributed by atoms with Crippen molar-refractivity contribution in [3.05, 3.63) is 131 Å². The Labute approximate surface area is 271 Å². The molecule has 0 saturated heterocycles. The monoisotopic (exact) mass is 604 g/mol. The summed E-state index contributed by atoms with van der Waals surface area (Å²) in [7, 11) is 0. The maximum atomic E-state index is 6.51. The van der Waals surface area contributed by atoms with Crippen LogP contribution < -0.4 is 4.74 Å². The number of aryl methyl sites for hydroxylation is 3. The summed E-state index contributed by atoms with van der Waals surface area (Å²) in [5.74, 6) is 2.42. The summed E-state index contributed by atoms with van der Waals surface area (Å²) in [6.45, 7) is 11.1. The zero-order valence-electron chi connectivity index (χ0n) is 27.3. The van der Waals surface area contributed by atoms with Crippen molar-refractivity contribution in [1.82, 2.24) is 19.3 Å². The van der Waals surface area contributed by atoms with E-state index in [0.717, 1.165) is 59.7 Å². The number of benzene rings is 4. The van der Waals surface area contributed by atoms with Crippen LogP contribution in [0, 0.1) is 20.8 Å². The molecule has 7 aromatic rings. The number of nitrogens with zero attached hydrogens (tertiary/aromatic N) is 4. The van der Waals surface area contributed by atoms with Gasteiger partial charge < -0.3 is 4.74 Å². The van der Waals surface area contributed by atoms with Crippen LogP contribution in [0.1, 0.15) is 54.5 Å². The molecule has 0 aliphatic rings. The van der Waals surface area contributed by atoms with E-state index in [-0.39, 0.29) is 0 Å². The summed E-state index contributed by atoms with van der Waals surface area (Å²) in [5.41, 5.74) is 12.5. The second-order valence-electron chi connectivity index (χ2n) is 12.3. The molecular weight excluding hydrogens is 564 g/mol. The molecule has 5 heteroatoms. The van der Waals surface area contributed by atoms with Crippen LogP contribution >= 0.6 is 0 Å². The van der Waals surface area contributed by atoms with E-state index in [1.54, 1.807) is 0 Å². The Balaban J connectivity index is 1.25. The SMILES string of the molecule is CCCc1c(C)cc(C)c(CCC)c1-c1cnn(-c2cccc(Oc3ccc4c5ccccc5n(-c5cc(C)ccn5)c4c3)c2)c1. The number of para-hydroxylation sites is 1. The van der Waals surface area contributed by atoms with Crippen molar-refractivity contribution >= 4 is 21.8 Å². The summed E-state index contributed by atoms with van der Waals surface area (Å²) < 4.78 is 10.7. The van der Waals surface area contributed by atoms with Gasteiger partial charge in [0.2, 0.25) is 0 Å². The highest BCUT2D eigenvalue weighted by atomic mass is 16.5.